The molecule has 1 aliphatic heterocycles. The van der Waals surface area contributed by atoms with Gasteiger partial charge in [0.05, 0.1) is 12.0 Å². The van der Waals surface area contributed by atoms with E-state index in [0.717, 1.165) is 5.01 Å². The molecule has 1 saturated heterocycles. The molecule has 0 N–H and O–H groups in total. The topological polar surface area (TPSA) is 76.0 Å². The molecular formula is C16H12N2O4S3. The summed E-state index contributed by atoms with van der Waals surface area (Å²) in [5, 5.41) is 5.15. The highest BCUT2D eigenvalue weighted by Crippen LogP contribution is 2.23. The molecule has 0 unspecified atom stereocenters. The Kier molecular flexibility index (Phi) is 5.16. The number of hydrogen-bond acceptors (Lipinski definition) is 7. The first-order valence-electron chi connectivity index (χ1n) is 7.09. The minimum absolute atomic E-state index is 0.0500. The van der Waals surface area contributed by atoms with Crippen LogP contribution in [0.3, 0.4) is 0 Å². The Hall–Kier alpha value is -2.23. The molecule has 2 aromatic carbocycles. The Bertz CT molecular complexity index is 927. The fourth-order valence-electron chi connectivity index (χ4n) is 2.00. The molecule has 0 bridgehead atoms. The van der Waals surface area contributed by atoms with Crippen LogP contribution in [0.25, 0.3) is 0 Å². The molecule has 1 heterocycles. The molecule has 0 aliphatic carbocycles. The van der Waals surface area contributed by atoms with Gasteiger partial charge in [0.25, 0.3) is 5.91 Å². The van der Waals surface area contributed by atoms with Crippen LogP contribution in [0.1, 0.15) is 5.56 Å². The zero-order valence-corrected chi connectivity index (χ0v) is 15.2. The number of para-hydroxylation sites is 1. The molecule has 1 fully saturated rings. The largest absolute Gasteiger partial charge is 0.378 e. The summed E-state index contributed by atoms with van der Waals surface area (Å²) in [4.78, 5) is 11.7. The van der Waals surface area contributed by atoms with Crippen LogP contribution in [0, 0.1) is 0 Å². The summed E-state index contributed by atoms with van der Waals surface area (Å²) in [5.41, 5.74) is 0.412. The van der Waals surface area contributed by atoms with Gasteiger partial charge in [-0.2, -0.15) is 18.5 Å². The number of carbonyl (C=O) groups is 1. The summed E-state index contributed by atoms with van der Waals surface area (Å²) in [6, 6.07) is 14.3. The van der Waals surface area contributed by atoms with Crippen molar-refractivity contribution >= 4 is 50.5 Å². The van der Waals surface area contributed by atoms with Gasteiger partial charge in [0.1, 0.15) is 4.90 Å². The zero-order chi connectivity index (χ0) is 17.9. The van der Waals surface area contributed by atoms with Gasteiger partial charge in [-0.1, -0.05) is 54.3 Å². The molecule has 2 aromatic rings. The van der Waals surface area contributed by atoms with Crippen LogP contribution < -0.4 is 4.18 Å². The third kappa shape index (κ3) is 4.06. The maximum atomic E-state index is 12.4. The molecule has 1 aliphatic rings. The van der Waals surface area contributed by atoms with E-state index >= 15 is 0 Å². The van der Waals surface area contributed by atoms with Crippen molar-refractivity contribution in [1.29, 1.82) is 0 Å². The summed E-state index contributed by atoms with van der Waals surface area (Å²) in [7, 11) is -3.97. The number of carbonyl (C=O) groups excluding carboxylic acids is 1. The molecule has 3 rings (SSSR count). The highest BCUT2D eigenvalue weighted by molar-refractivity contribution is 8.23. The van der Waals surface area contributed by atoms with Crippen LogP contribution in [-0.4, -0.2) is 35.6 Å². The van der Waals surface area contributed by atoms with Crippen LogP contribution in [-0.2, 0) is 14.9 Å². The Morgan fingerprint density at radius 1 is 1.12 bits per heavy atom. The molecule has 128 valence electrons. The van der Waals surface area contributed by atoms with E-state index < -0.39 is 10.1 Å². The molecule has 0 saturated carbocycles. The van der Waals surface area contributed by atoms with Crippen molar-refractivity contribution in [1.82, 2.24) is 5.01 Å². The van der Waals surface area contributed by atoms with Crippen LogP contribution >= 0.6 is 24.0 Å². The molecule has 25 heavy (non-hydrogen) atoms. The number of hydrogen-bond donors (Lipinski definition) is 0. The molecule has 6 nitrogen and oxygen atoms in total. The lowest BCUT2D eigenvalue weighted by atomic mass is 10.2. The van der Waals surface area contributed by atoms with Crippen molar-refractivity contribution in [3.8, 4) is 5.75 Å². The number of hydrazone groups is 1. The summed E-state index contributed by atoms with van der Waals surface area (Å²) in [6.07, 6.45) is 1.35. The van der Waals surface area contributed by atoms with Gasteiger partial charge in [0.2, 0.25) is 0 Å². The quantitative estimate of drug-likeness (QED) is 0.442. The van der Waals surface area contributed by atoms with Gasteiger partial charge in [-0.3, -0.25) is 4.79 Å². The SMILES string of the molecule is O=C1CSC(=S)N1N=Cc1ccccc1OS(=O)(=O)c1ccccc1. The Morgan fingerprint density at radius 2 is 1.80 bits per heavy atom. The van der Waals surface area contributed by atoms with Crippen molar-refractivity contribution in [3.63, 3.8) is 0 Å². The van der Waals surface area contributed by atoms with Crippen LogP contribution in [0.2, 0.25) is 0 Å². The summed E-state index contributed by atoms with van der Waals surface area (Å²) in [5.74, 6) is 0.137. The molecule has 9 heteroatoms. The second-order valence-electron chi connectivity index (χ2n) is 4.89. The number of thioether (sulfide) groups is 1. The number of nitrogens with zero attached hydrogens (tertiary/aromatic N) is 2. The third-order valence-electron chi connectivity index (χ3n) is 3.19. The zero-order valence-electron chi connectivity index (χ0n) is 12.7. The summed E-state index contributed by atoms with van der Waals surface area (Å²) in [6.45, 7) is 0. The van der Waals surface area contributed by atoms with Crippen LogP contribution in [0.15, 0.2) is 64.6 Å². The summed E-state index contributed by atoms with van der Waals surface area (Å²) >= 11 is 6.27. The number of thiocarbonyl (C=S) groups is 1. The lowest BCUT2D eigenvalue weighted by molar-refractivity contribution is -0.123. The van der Waals surface area contributed by atoms with Gasteiger partial charge >= 0.3 is 10.1 Å². The standard InChI is InChI=1S/C16H12N2O4S3/c19-15-11-24-16(23)18(15)17-10-12-6-4-5-9-14(12)22-25(20,21)13-7-2-1-3-8-13/h1-10H,11H2. The van der Waals surface area contributed by atoms with Crippen molar-refractivity contribution in [2.24, 2.45) is 5.10 Å². The van der Waals surface area contributed by atoms with Crippen molar-refractivity contribution < 1.29 is 17.4 Å². The van der Waals surface area contributed by atoms with E-state index in [9.17, 15) is 13.2 Å². The fraction of sp³-hybridized carbons (Fsp3) is 0.0625. The predicted molar refractivity (Wildman–Crippen MR) is 100 cm³/mol. The predicted octanol–water partition coefficient (Wildman–Crippen LogP) is 2.65. The average Bonchev–Trinajstić information content (AvgIpc) is 2.93. The maximum Gasteiger partial charge on any atom is 0.339 e. The van der Waals surface area contributed by atoms with E-state index in [1.807, 2.05) is 0 Å². The van der Waals surface area contributed by atoms with E-state index in [1.165, 1.54) is 36.2 Å². The number of rotatable bonds is 5. The van der Waals surface area contributed by atoms with Crippen LogP contribution in [0.4, 0.5) is 0 Å². The lowest BCUT2D eigenvalue weighted by Crippen LogP contribution is -2.22. The average molecular weight is 392 g/mol. The fourth-order valence-corrected chi connectivity index (χ4v) is 3.94. The second kappa shape index (κ2) is 7.34. The van der Waals surface area contributed by atoms with Gasteiger partial charge in [-0.15, -0.1) is 0 Å². The van der Waals surface area contributed by atoms with Gasteiger partial charge in [0, 0.05) is 5.56 Å². The Balaban J connectivity index is 1.87. The normalized spacial score (nSPS) is 15.1. The van der Waals surface area contributed by atoms with E-state index in [-0.39, 0.29) is 22.3 Å². The Labute approximate surface area is 154 Å². The van der Waals surface area contributed by atoms with E-state index in [0.29, 0.717) is 9.88 Å². The third-order valence-corrected chi connectivity index (χ3v) is 5.78. The molecule has 1 amide bonds. The highest BCUT2D eigenvalue weighted by Gasteiger charge is 2.26. The van der Waals surface area contributed by atoms with Gasteiger partial charge in [-0.25, -0.2) is 0 Å². The second-order valence-corrected chi connectivity index (χ2v) is 8.05. The smallest absolute Gasteiger partial charge is 0.339 e. The molecular weight excluding hydrogens is 380 g/mol. The van der Waals surface area contributed by atoms with Gasteiger partial charge in [0.15, 0.2) is 10.1 Å². The van der Waals surface area contributed by atoms with E-state index in [4.69, 9.17) is 16.4 Å². The molecule has 0 aromatic heterocycles. The van der Waals surface area contributed by atoms with Crippen molar-refractivity contribution in [3.05, 3.63) is 60.2 Å². The Morgan fingerprint density at radius 3 is 2.48 bits per heavy atom. The van der Waals surface area contributed by atoms with E-state index in [2.05, 4.69) is 5.10 Å². The van der Waals surface area contributed by atoms with Gasteiger partial charge in [-0.05, 0) is 24.3 Å². The lowest BCUT2D eigenvalue weighted by Gasteiger charge is -2.10. The molecule has 0 radical (unpaired) electrons. The minimum Gasteiger partial charge on any atom is -0.378 e. The van der Waals surface area contributed by atoms with Gasteiger partial charge < -0.3 is 4.18 Å². The first-order valence-corrected chi connectivity index (χ1v) is 9.90. The molecule has 0 atom stereocenters. The summed E-state index contributed by atoms with van der Waals surface area (Å²) < 4.78 is 30.3. The van der Waals surface area contributed by atoms with Crippen LogP contribution in [0.5, 0.6) is 5.75 Å². The first-order chi connectivity index (χ1) is 12.0. The van der Waals surface area contributed by atoms with E-state index in [1.54, 1.807) is 36.4 Å². The first kappa shape index (κ1) is 17.6. The highest BCUT2D eigenvalue weighted by atomic mass is 32.2. The van der Waals surface area contributed by atoms with Crippen molar-refractivity contribution in [2.45, 2.75) is 4.90 Å². The number of amides is 1. The molecule has 0 spiro atoms. The van der Waals surface area contributed by atoms with Crippen molar-refractivity contribution in [2.75, 3.05) is 5.75 Å². The number of benzene rings is 2. The minimum atomic E-state index is -3.97. The monoisotopic (exact) mass is 392 g/mol. The maximum absolute atomic E-state index is 12.4.